The number of halogens is 1. The Morgan fingerprint density at radius 1 is 1.46 bits per heavy atom. The number of hydrogen-bond donors (Lipinski definition) is 3. The van der Waals surface area contributed by atoms with Crippen LogP contribution in [0.1, 0.15) is 18.9 Å². The number of carbonyl (C=O) groups is 1. The van der Waals surface area contributed by atoms with Crippen LogP contribution in [-0.4, -0.2) is 39.7 Å². The number of nitrogens with one attached hydrogen (secondary N) is 3. The van der Waals surface area contributed by atoms with Crippen molar-refractivity contribution in [1.82, 2.24) is 20.6 Å². The Morgan fingerprint density at radius 3 is 2.96 bits per heavy atom. The van der Waals surface area contributed by atoms with Crippen LogP contribution < -0.4 is 21.4 Å². The summed E-state index contributed by atoms with van der Waals surface area (Å²) < 4.78 is 6.35. The average molecular weight is 442 g/mol. The van der Waals surface area contributed by atoms with Crippen LogP contribution in [0, 0.1) is 0 Å². The normalized spacial score (nSPS) is 10.8. The number of benzene rings is 1. The number of amides is 1. The Balaban J connectivity index is 1.85. The monoisotopic (exact) mass is 441 g/mol. The largest absolute Gasteiger partial charge is 0.492 e. The highest BCUT2D eigenvalue weighted by Gasteiger charge is 2.07. The number of hydrogen-bond acceptors (Lipinski definition) is 7. The van der Waals surface area contributed by atoms with Crippen LogP contribution in [0.4, 0.5) is 0 Å². The van der Waals surface area contributed by atoms with E-state index < -0.39 is 17.2 Å². The van der Waals surface area contributed by atoms with Gasteiger partial charge >= 0.3 is 5.69 Å². The molecule has 1 heterocycles. The molecule has 1 aromatic carbocycles. The van der Waals surface area contributed by atoms with Crippen LogP contribution >= 0.6 is 27.7 Å². The van der Waals surface area contributed by atoms with Gasteiger partial charge < -0.3 is 4.74 Å². The lowest BCUT2D eigenvalue weighted by molar-refractivity contribution is -0.118. The first-order chi connectivity index (χ1) is 12.5. The van der Waals surface area contributed by atoms with Crippen LogP contribution in [0.2, 0.25) is 0 Å². The second kappa shape index (κ2) is 9.92. The fourth-order valence-electron chi connectivity index (χ4n) is 1.71. The summed E-state index contributed by atoms with van der Waals surface area (Å²) in [7, 11) is 0. The van der Waals surface area contributed by atoms with Gasteiger partial charge in [-0.1, -0.05) is 18.7 Å². The predicted molar refractivity (Wildman–Crippen MR) is 102 cm³/mol. The standard InChI is InChI=1S/C15H16BrN5O4S/c1-2-5-25-11-4-3-9(6-10(11)16)7-17-19-12(22)8-26-14-13(23)18-15(24)21-20-14/h3-4,6-7H,2,5,8H2,1H3,(H,19,22)(H2,18,21,23,24)/b17-7+. The molecule has 2 rings (SSSR count). The van der Waals surface area contributed by atoms with Gasteiger partial charge in [0.15, 0.2) is 5.03 Å². The van der Waals surface area contributed by atoms with Gasteiger partial charge in [-0.25, -0.2) is 15.3 Å². The van der Waals surface area contributed by atoms with E-state index in [2.05, 4.69) is 36.7 Å². The second-order valence-corrected chi connectivity index (χ2v) is 6.75. The van der Waals surface area contributed by atoms with E-state index in [4.69, 9.17) is 4.74 Å². The number of carbonyl (C=O) groups excluding carboxylic acids is 1. The molecule has 0 aliphatic heterocycles. The van der Waals surface area contributed by atoms with E-state index in [1.165, 1.54) is 6.21 Å². The molecule has 0 saturated heterocycles. The van der Waals surface area contributed by atoms with Crippen molar-refractivity contribution < 1.29 is 9.53 Å². The molecule has 0 aliphatic carbocycles. The first-order valence-electron chi connectivity index (χ1n) is 7.55. The van der Waals surface area contributed by atoms with Gasteiger partial charge in [-0.15, -0.1) is 0 Å². The van der Waals surface area contributed by atoms with E-state index in [1.54, 1.807) is 0 Å². The summed E-state index contributed by atoms with van der Waals surface area (Å²) in [5.41, 5.74) is 1.77. The molecular formula is C15H16BrN5O4S. The Morgan fingerprint density at radius 2 is 2.27 bits per heavy atom. The van der Waals surface area contributed by atoms with Crippen molar-refractivity contribution in [2.24, 2.45) is 5.10 Å². The van der Waals surface area contributed by atoms with Crippen LogP contribution in [0.25, 0.3) is 0 Å². The van der Waals surface area contributed by atoms with Crippen molar-refractivity contribution in [2.45, 2.75) is 18.4 Å². The summed E-state index contributed by atoms with van der Waals surface area (Å²) in [5, 5.41) is 9.51. The van der Waals surface area contributed by atoms with Gasteiger partial charge in [-0.05, 0) is 46.1 Å². The molecule has 9 nitrogen and oxygen atoms in total. The lowest BCUT2D eigenvalue weighted by Crippen LogP contribution is -2.26. The number of nitrogens with zero attached hydrogens (tertiary/aromatic N) is 2. The highest BCUT2D eigenvalue weighted by molar-refractivity contribution is 9.10. The summed E-state index contributed by atoms with van der Waals surface area (Å²) >= 11 is 4.31. The molecule has 0 aliphatic rings. The molecule has 11 heteroatoms. The maximum atomic E-state index is 11.7. The summed E-state index contributed by atoms with van der Waals surface area (Å²) in [6.07, 6.45) is 2.40. The van der Waals surface area contributed by atoms with Gasteiger partial charge in [0.1, 0.15) is 5.75 Å². The van der Waals surface area contributed by atoms with Gasteiger partial charge in [-0.2, -0.15) is 10.2 Å². The highest BCUT2D eigenvalue weighted by atomic mass is 79.9. The van der Waals surface area contributed by atoms with Crippen molar-refractivity contribution in [3.63, 3.8) is 0 Å². The molecule has 0 bridgehead atoms. The minimum Gasteiger partial charge on any atom is -0.492 e. The topological polar surface area (TPSA) is 129 Å². The number of H-pyrrole nitrogens is 2. The zero-order chi connectivity index (χ0) is 18.9. The van der Waals surface area contributed by atoms with Gasteiger partial charge in [0.2, 0.25) is 5.91 Å². The van der Waals surface area contributed by atoms with E-state index >= 15 is 0 Å². The third-order valence-electron chi connectivity index (χ3n) is 2.84. The molecule has 26 heavy (non-hydrogen) atoms. The molecule has 1 aromatic heterocycles. The summed E-state index contributed by atoms with van der Waals surface area (Å²) in [4.78, 5) is 36.1. The van der Waals surface area contributed by atoms with E-state index in [9.17, 15) is 14.4 Å². The van der Waals surface area contributed by atoms with E-state index in [-0.39, 0.29) is 10.8 Å². The minimum absolute atomic E-state index is 0.00433. The lowest BCUT2D eigenvalue weighted by Gasteiger charge is -2.07. The highest BCUT2D eigenvalue weighted by Crippen LogP contribution is 2.25. The first kappa shape index (κ1) is 19.9. The number of ether oxygens (including phenoxy) is 1. The quantitative estimate of drug-likeness (QED) is 0.321. The van der Waals surface area contributed by atoms with Crippen LogP contribution in [0.5, 0.6) is 5.75 Å². The predicted octanol–water partition coefficient (Wildman–Crippen LogP) is 1.25. The van der Waals surface area contributed by atoms with Gasteiger partial charge in [-0.3, -0.25) is 14.6 Å². The Kier molecular flexibility index (Phi) is 7.60. The minimum atomic E-state index is -0.703. The van der Waals surface area contributed by atoms with Gasteiger partial charge in [0.25, 0.3) is 5.56 Å². The maximum absolute atomic E-state index is 11.7. The average Bonchev–Trinajstić information content (AvgIpc) is 2.60. The maximum Gasteiger partial charge on any atom is 0.342 e. The van der Waals surface area contributed by atoms with Crippen molar-refractivity contribution in [3.05, 3.63) is 49.1 Å². The van der Waals surface area contributed by atoms with Crippen molar-refractivity contribution in [2.75, 3.05) is 12.4 Å². The molecule has 0 saturated carbocycles. The zero-order valence-electron chi connectivity index (χ0n) is 13.7. The Labute approximate surface area is 160 Å². The van der Waals surface area contributed by atoms with Crippen molar-refractivity contribution >= 4 is 39.8 Å². The Hall–Kier alpha value is -2.40. The van der Waals surface area contributed by atoms with E-state index in [1.807, 2.05) is 30.1 Å². The molecule has 3 N–H and O–H groups in total. The SMILES string of the molecule is CCCOc1ccc(/C=N/NC(=O)CSc2n[nH]c(=O)[nH]c2=O)cc1Br. The van der Waals surface area contributed by atoms with Crippen LogP contribution in [-0.2, 0) is 4.79 Å². The molecule has 0 radical (unpaired) electrons. The number of aromatic amines is 2. The fourth-order valence-corrected chi connectivity index (χ4v) is 2.84. The number of hydrazone groups is 1. The third kappa shape index (κ3) is 6.15. The smallest absolute Gasteiger partial charge is 0.342 e. The molecule has 2 aromatic rings. The molecule has 0 atom stereocenters. The molecule has 138 valence electrons. The number of thioether (sulfide) groups is 1. The van der Waals surface area contributed by atoms with Gasteiger partial charge in [0.05, 0.1) is 23.0 Å². The first-order valence-corrected chi connectivity index (χ1v) is 9.33. The van der Waals surface area contributed by atoms with E-state index in [0.717, 1.165) is 34.0 Å². The third-order valence-corrected chi connectivity index (χ3v) is 4.42. The molecular weight excluding hydrogens is 426 g/mol. The van der Waals surface area contributed by atoms with Gasteiger partial charge in [0, 0.05) is 0 Å². The fraction of sp³-hybridized carbons (Fsp3) is 0.267. The number of rotatable bonds is 8. The molecule has 0 unspecified atom stereocenters. The summed E-state index contributed by atoms with van der Waals surface area (Å²) in [5.74, 6) is 0.246. The van der Waals surface area contributed by atoms with E-state index in [0.29, 0.717) is 6.61 Å². The molecule has 1 amide bonds. The lowest BCUT2D eigenvalue weighted by atomic mass is 10.2. The summed E-state index contributed by atoms with van der Waals surface area (Å²) in [6.45, 7) is 2.66. The second-order valence-electron chi connectivity index (χ2n) is 4.93. The van der Waals surface area contributed by atoms with Crippen molar-refractivity contribution in [3.8, 4) is 5.75 Å². The molecule has 0 spiro atoms. The Bertz CT molecular complexity index is 911. The zero-order valence-corrected chi connectivity index (χ0v) is 16.1. The molecule has 0 fully saturated rings. The van der Waals surface area contributed by atoms with Crippen LogP contribution in [0.3, 0.4) is 0 Å². The number of aromatic nitrogens is 3. The van der Waals surface area contributed by atoms with Crippen molar-refractivity contribution in [1.29, 1.82) is 0 Å². The summed E-state index contributed by atoms with van der Waals surface area (Å²) in [6, 6.07) is 5.44. The van der Waals surface area contributed by atoms with Crippen LogP contribution in [0.15, 0.2) is 42.4 Å².